The van der Waals surface area contributed by atoms with E-state index in [4.69, 9.17) is 0 Å². The summed E-state index contributed by atoms with van der Waals surface area (Å²) in [5, 5.41) is 22.8. The highest BCUT2D eigenvalue weighted by Gasteiger charge is 2.25. The van der Waals surface area contributed by atoms with Gasteiger partial charge in [-0.05, 0) is 25.3 Å². The number of H-pyrrole nitrogens is 1. The predicted molar refractivity (Wildman–Crippen MR) is 70.3 cm³/mol. The van der Waals surface area contributed by atoms with Crippen molar-refractivity contribution in [3.05, 3.63) is 24.0 Å². The molecule has 1 aliphatic rings. The van der Waals surface area contributed by atoms with Crippen LogP contribution < -0.4 is 5.32 Å². The molecule has 0 saturated heterocycles. The minimum atomic E-state index is -1.00. The second kappa shape index (κ2) is 4.55. The van der Waals surface area contributed by atoms with Crippen LogP contribution in [0.15, 0.2) is 18.5 Å². The van der Waals surface area contributed by atoms with Crippen LogP contribution >= 0.6 is 0 Å². The number of carboxylic acid groups (broad SMARTS) is 1. The fourth-order valence-electron chi connectivity index (χ4n) is 2.62. The molecule has 0 amide bonds. The number of aliphatic hydroxyl groups is 1. The number of carboxylic acids is 1. The van der Waals surface area contributed by atoms with Crippen molar-refractivity contribution in [1.82, 2.24) is 9.97 Å². The van der Waals surface area contributed by atoms with E-state index in [0.717, 1.165) is 18.2 Å². The molecule has 2 heterocycles. The van der Waals surface area contributed by atoms with Crippen LogP contribution in [0.2, 0.25) is 0 Å². The van der Waals surface area contributed by atoms with Crippen LogP contribution in [0, 0.1) is 0 Å². The van der Waals surface area contributed by atoms with Gasteiger partial charge in [0.05, 0.1) is 11.8 Å². The van der Waals surface area contributed by atoms with E-state index < -0.39 is 5.97 Å². The van der Waals surface area contributed by atoms with Crippen molar-refractivity contribution in [3.63, 3.8) is 0 Å². The molecule has 6 nitrogen and oxygen atoms in total. The van der Waals surface area contributed by atoms with E-state index in [9.17, 15) is 15.0 Å². The van der Waals surface area contributed by atoms with Gasteiger partial charge in [0.1, 0.15) is 11.2 Å². The molecule has 1 aliphatic carbocycles. The van der Waals surface area contributed by atoms with Gasteiger partial charge in [0, 0.05) is 23.8 Å². The van der Waals surface area contributed by atoms with Crippen LogP contribution in [0.5, 0.6) is 0 Å². The van der Waals surface area contributed by atoms with Crippen molar-refractivity contribution in [2.75, 3.05) is 5.32 Å². The van der Waals surface area contributed by atoms with Gasteiger partial charge >= 0.3 is 5.97 Å². The molecule has 1 saturated carbocycles. The van der Waals surface area contributed by atoms with E-state index >= 15 is 0 Å². The molecule has 0 aromatic carbocycles. The quantitative estimate of drug-likeness (QED) is 0.672. The van der Waals surface area contributed by atoms with Crippen molar-refractivity contribution in [1.29, 1.82) is 0 Å². The topological polar surface area (TPSA) is 98.2 Å². The fraction of sp³-hybridized carbons (Fsp3) is 0.385. The highest BCUT2D eigenvalue weighted by Crippen LogP contribution is 2.29. The first-order valence-electron chi connectivity index (χ1n) is 6.29. The molecule has 0 unspecified atom stereocenters. The number of aromatic amines is 1. The van der Waals surface area contributed by atoms with Crippen LogP contribution in [0.1, 0.15) is 29.6 Å². The Morgan fingerprint density at radius 3 is 3.00 bits per heavy atom. The van der Waals surface area contributed by atoms with Crippen LogP contribution in [0.3, 0.4) is 0 Å². The zero-order chi connectivity index (χ0) is 13.4. The summed E-state index contributed by atoms with van der Waals surface area (Å²) in [5.41, 5.74) is 1.40. The van der Waals surface area contributed by atoms with Crippen LogP contribution in [0.4, 0.5) is 5.69 Å². The third kappa shape index (κ3) is 2.15. The van der Waals surface area contributed by atoms with Crippen molar-refractivity contribution in [2.24, 2.45) is 0 Å². The van der Waals surface area contributed by atoms with Gasteiger partial charge < -0.3 is 20.5 Å². The predicted octanol–water partition coefficient (Wildman–Crippen LogP) is 1.59. The first-order valence-corrected chi connectivity index (χ1v) is 6.29. The second-order valence-electron chi connectivity index (χ2n) is 4.90. The van der Waals surface area contributed by atoms with Crippen molar-refractivity contribution in [2.45, 2.75) is 31.4 Å². The number of hydrogen-bond donors (Lipinski definition) is 4. The largest absolute Gasteiger partial charge is 0.478 e. The second-order valence-corrected chi connectivity index (χ2v) is 4.90. The fourth-order valence-corrected chi connectivity index (χ4v) is 2.62. The number of fused-ring (bicyclic) bond motifs is 1. The van der Waals surface area contributed by atoms with Gasteiger partial charge in [-0.2, -0.15) is 0 Å². The van der Waals surface area contributed by atoms with Gasteiger partial charge in [0.2, 0.25) is 0 Å². The summed E-state index contributed by atoms with van der Waals surface area (Å²) in [6.45, 7) is 0. The van der Waals surface area contributed by atoms with Crippen molar-refractivity contribution < 1.29 is 15.0 Å². The number of carbonyl (C=O) groups is 1. The Morgan fingerprint density at radius 2 is 2.32 bits per heavy atom. The molecule has 4 N–H and O–H groups in total. The average molecular weight is 261 g/mol. The Hall–Kier alpha value is -2.08. The van der Waals surface area contributed by atoms with Gasteiger partial charge in [-0.25, -0.2) is 9.78 Å². The minimum Gasteiger partial charge on any atom is -0.478 e. The lowest BCUT2D eigenvalue weighted by atomic mass is 10.1. The molecule has 19 heavy (non-hydrogen) atoms. The molecule has 0 aliphatic heterocycles. The molecule has 0 radical (unpaired) electrons. The first kappa shape index (κ1) is 12.0. The molecule has 3 rings (SSSR count). The highest BCUT2D eigenvalue weighted by molar-refractivity contribution is 6.03. The summed E-state index contributed by atoms with van der Waals surface area (Å²) in [6, 6.07) is 1.91. The van der Waals surface area contributed by atoms with E-state index in [0.29, 0.717) is 17.8 Å². The zero-order valence-electron chi connectivity index (χ0n) is 10.3. The monoisotopic (exact) mass is 261 g/mol. The average Bonchev–Trinajstić information content (AvgIpc) is 2.98. The first-order chi connectivity index (χ1) is 9.15. The van der Waals surface area contributed by atoms with Crippen LogP contribution in [0.25, 0.3) is 11.0 Å². The van der Waals surface area contributed by atoms with Gasteiger partial charge in [0.25, 0.3) is 0 Å². The summed E-state index contributed by atoms with van der Waals surface area (Å²) < 4.78 is 0. The molecule has 0 spiro atoms. The van der Waals surface area contributed by atoms with E-state index in [1.54, 1.807) is 6.20 Å². The highest BCUT2D eigenvalue weighted by atomic mass is 16.4. The zero-order valence-corrected chi connectivity index (χ0v) is 10.3. The maximum Gasteiger partial charge on any atom is 0.339 e. The number of rotatable bonds is 3. The molecule has 2 atom stereocenters. The van der Waals surface area contributed by atoms with E-state index in [1.165, 1.54) is 6.20 Å². The minimum absolute atomic E-state index is 0.105. The maximum atomic E-state index is 11.3. The lowest BCUT2D eigenvalue weighted by molar-refractivity contribution is 0.0697. The number of aromatic carboxylic acids is 1. The molecule has 2 aromatic rings. The van der Waals surface area contributed by atoms with Crippen LogP contribution in [-0.2, 0) is 0 Å². The SMILES string of the molecule is O=C(O)c1cnc2[nH]ccc2c1N[C@H]1CC[C@H](O)C1. The standard InChI is InChI=1S/C13H15N3O3/c17-8-2-1-7(5-8)16-11-9-3-4-14-12(9)15-6-10(11)13(18)19/h3-4,6-8,17H,1-2,5H2,(H,18,19)(H2,14,15,16)/t7-,8-/m0/s1. The Labute approximate surface area is 109 Å². The molecule has 0 bridgehead atoms. The third-order valence-electron chi connectivity index (χ3n) is 3.57. The Balaban J connectivity index is 2.01. The summed E-state index contributed by atoms with van der Waals surface area (Å²) >= 11 is 0. The molecule has 1 fully saturated rings. The van der Waals surface area contributed by atoms with E-state index in [1.807, 2.05) is 6.07 Å². The molecule has 100 valence electrons. The summed E-state index contributed by atoms with van der Waals surface area (Å²) in [5.74, 6) is -1.00. The van der Waals surface area contributed by atoms with Gasteiger partial charge in [0.15, 0.2) is 0 Å². The number of anilines is 1. The summed E-state index contributed by atoms with van der Waals surface area (Å²) in [4.78, 5) is 18.3. The number of hydrogen-bond acceptors (Lipinski definition) is 4. The molecular weight excluding hydrogens is 246 g/mol. The number of aliphatic hydroxyl groups excluding tert-OH is 1. The van der Waals surface area contributed by atoms with E-state index in [2.05, 4.69) is 15.3 Å². The number of aromatic nitrogens is 2. The lowest BCUT2D eigenvalue weighted by Gasteiger charge is -2.16. The van der Waals surface area contributed by atoms with Crippen molar-refractivity contribution >= 4 is 22.7 Å². The molecule has 2 aromatic heterocycles. The van der Waals surface area contributed by atoms with Gasteiger partial charge in [-0.3, -0.25) is 0 Å². The maximum absolute atomic E-state index is 11.3. The Kier molecular flexibility index (Phi) is 2.87. The Bertz CT molecular complexity index is 623. The normalized spacial score (nSPS) is 22.8. The molecule has 6 heteroatoms. The van der Waals surface area contributed by atoms with Gasteiger partial charge in [-0.15, -0.1) is 0 Å². The third-order valence-corrected chi connectivity index (χ3v) is 3.57. The Morgan fingerprint density at radius 1 is 1.47 bits per heavy atom. The van der Waals surface area contributed by atoms with Crippen molar-refractivity contribution in [3.8, 4) is 0 Å². The molecular formula is C13H15N3O3. The summed E-state index contributed by atoms with van der Waals surface area (Å²) in [6.07, 6.45) is 5.03. The van der Waals surface area contributed by atoms with Gasteiger partial charge in [-0.1, -0.05) is 0 Å². The summed E-state index contributed by atoms with van der Waals surface area (Å²) in [7, 11) is 0. The number of nitrogens with one attached hydrogen (secondary N) is 2. The number of nitrogens with zero attached hydrogens (tertiary/aromatic N) is 1. The smallest absolute Gasteiger partial charge is 0.339 e. The van der Waals surface area contributed by atoms with E-state index in [-0.39, 0.29) is 17.7 Å². The van der Waals surface area contributed by atoms with Crippen LogP contribution in [-0.4, -0.2) is 38.3 Å². The lowest BCUT2D eigenvalue weighted by Crippen LogP contribution is -2.19. The number of pyridine rings is 1.